The Balaban J connectivity index is 1.85. The summed E-state index contributed by atoms with van der Waals surface area (Å²) in [5.41, 5.74) is 2.14. The van der Waals surface area contributed by atoms with Crippen molar-refractivity contribution in [3.8, 4) is 0 Å². The molecule has 3 heterocycles. The van der Waals surface area contributed by atoms with Gasteiger partial charge in [-0.25, -0.2) is 4.63 Å². The van der Waals surface area contributed by atoms with Crippen LogP contribution in [0.5, 0.6) is 0 Å². The van der Waals surface area contributed by atoms with E-state index in [0.29, 0.717) is 11.2 Å². The summed E-state index contributed by atoms with van der Waals surface area (Å²) in [5, 5.41) is 19.1. The highest BCUT2D eigenvalue weighted by molar-refractivity contribution is 5.91. The smallest absolute Gasteiger partial charge is 0.323 e. The van der Waals surface area contributed by atoms with Gasteiger partial charge in [0.1, 0.15) is 11.2 Å². The second-order valence-electron chi connectivity index (χ2n) is 5.81. The van der Waals surface area contributed by atoms with E-state index in [4.69, 9.17) is 0 Å². The number of hydrogen-bond donors (Lipinski definition) is 0. The van der Waals surface area contributed by atoms with Gasteiger partial charge in [0.05, 0.1) is 11.0 Å². The average molecular weight is 325 g/mol. The molecule has 0 N–H and O–H groups in total. The van der Waals surface area contributed by atoms with Crippen LogP contribution < -0.4 is 4.90 Å². The molecule has 122 valence electrons. The minimum atomic E-state index is -0.406. The molecule has 1 aromatic carbocycles. The fourth-order valence-electron chi connectivity index (χ4n) is 3.38. The van der Waals surface area contributed by atoms with Crippen LogP contribution in [0, 0.1) is 10.1 Å². The lowest BCUT2D eigenvalue weighted by Gasteiger charge is -2.37. The lowest BCUT2D eigenvalue weighted by molar-refractivity contribution is -0.382. The number of anilines is 1. The number of benzene rings is 1. The van der Waals surface area contributed by atoms with Crippen molar-refractivity contribution in [2.45, 2.75) is 25.3 Å². The van der Waals surface area contributed by atoms with Gasteiger partial charge in [0.15, 0.2) is 0 Å². The molecule has 0 radical (unpaired) electrons. The summed E-state index contributed by atoms with van der Waals surface area (Å²) in [6, 6.07) is 7.41. The number of rotatable bonds is 3. The highest BCUT2D eigenvalue weighted by atomic mass is 16.6. The predicted molar refractivity (Wildman–Crippen MR) is 86.6 cm³/mol. The summed E-state index contributed by atoms with van der Waals surface area (Å²) in [7, 11) is 0. The molecule has 8 heteroatoms. The average Bonchev–Trinajstić information content (AvgIpc) is 3.10. The SMILES string of the molecule is O=[N+]([O-])c1c(N2CCCCC2c2cccnc2)ccc2nonc12. The molecule has 24 heavy (non-hydrogen) atoms. The lowest BCUT2D eigenvalue weighted by atomic mass is 9.95. The Morgan fingerprint density at radius 3 is 2.96 bits per heavy atom. The molecule has 0 saturated carbocycles. The van der Waals surface area contributed by atoms with Gasteiger partial charge in [-0.15, -0.1) is 0 Å². The van der Waals surface area contributed by atoms with E-state index in [2.05, 4.69) is 24.8 Å². The molecule has 1 aliphatic heterocycles. The molecule has 1 atom stereocenters. The topological polar surface area (TPSA) is 98.2 Å². The number of pyridine rings is 1. The largest absolute Gasteiger partial charge is 0.359 e. The van der Waals surface area contributed by atoms with Gasteiger partial charge in [0.25, 0.3) is 0 Å². The molecule has 2 aromatic heterocycles. The zero-order chi connectivity index (χ0) is 16.5. The van der Waals surface area contributed by atoms with Crippen LogP contribution in [0.1, 0.15) is 30.9 Å². The van der Waals surface area contributed by atoms with Crippen molar-refractivity contribution in [3.05, 3.63) is 52.3 Å². The zero-order valence-electron chi connectivity index (χ0n) is 12.8. The lowest BCUT2D eigenvalue weighted by Crippen LogP contribution is -2.33. The molecule has 0 amide bonds. The summed E-state index contributed by atoms with van der Waals surface area (Å²) in [5.74, 6) is 0. The summed E-state index contributed by atoms with van der Waals surface area (Å²) < 4.78 is 4.68. The van der Waals surface area contributed by atoms with E-state index in [1.165, 1.54) is 0 Å². The molecule has 1 aliphatic rings. The Morgan fingerprint density at radius 1 is 1.25 bits per heavy atom. The second kappa shape index (κ2) is 5.88. The van der Waals surface area contributed by atoms with Crippen LogP contribution in [-0.2, 0) is 0 Å². The van der Waals surface area contributed by atoms with E-state index in [0.717, 1.165) is 31.4 Å². The zero-order valence-corrected chi connectivity index (χ0v) is 12.8. The normalized spacial score (nSPS) is 18.0. The van der Waals surface area contributed by atoms with Gasteiger partial charge in [-0.3, -0.25) is 15.1 Å². The van der Waals surface area contributed by atoms with Crippen molar-refractivity contribution in [1.29, 1.82) is 0 Å². The molecule has 1 fully saturated rings. The first-order valence-corrected chi connectivity index (χ1v) is 7.82. The highest BCUT2D eigenvalue weighted by Crippen LogP contribution is 2.41. The van der Waals surface area contributed by atoms with Gasteiger partial charge < -0.3 is 4.90 Å². The first-order chi connectivity index (χ1) is 11.8. The maximum absolute atomic E-state index is 11.7. The van der Waals surface area contributed by atoms with Gasteiger partial charge in [-0.05, 0) is 53.3 Å². The highest BCUT2D eigenvalue weighted by Gasteiger charge is 2.32. The van der Waals surface area contributed by atoms with Crippen LogP contribution in [-0.4, -0.2) is 26.8 Å². The van der Waals surface area contributed by atoms with Crippen LogP contribution in [0.2, 0.25) is 0 Å². The summed E-state index contributed by atoms with van der Waals surface area (Å²) >= 11 is 0. The number of nitrogens with zero attached hydrogens (tertiary/aromatic N) is 5. The number of fused-ring (bicyclic) bond motifs is 1. The number of nitro benzene ring substituents is 1. The number of piperidine rings is 1. The van der Waals surface area contributed by atoms with Gasteiger partial charge in [-0.1, -0.05) is 6.07 Å². The first-order valence-electron chi connectivity index (χ1n) is 7.82. The Kier molecular flexibility index (Phi) is 3.56. The van der Waals surface area contributed by atoms with Crippen molar-refractivity contribution in [2.24, 2.45) is 0 Å². The third-order valence-electron chi connectivity index (χ3n) is 4.44. The molecule has 3 aromatic rings. The van der Waals surface area contributed by atoms with E-state index in [1.54, 1.807) is 18.3 Å². The van der Waals surface area contributed by atoms with E-state index in [-0.39, 0.29) is 17.2 Å². The summed E-state index contributed by atoms with van der Waals surface area (Å²) in [6.45, 7) is 0.747. The maximum atomic E-state index is 11.7. The Bertz CT molecular complexity index is 880. The van der Waals surface area contributed by atoms with E-state index in [1.807, 2.05) is 18.3 Å². The maximum Gasteiger partial charge on any atom is 0.323 e. The van der Waals surface area contributed by atoms with E-state index >= 15 is 0 Å². The quantitative estimate of drug-likeness (QED) is 0.538. The Labute approximate surface area is 137 Å². The van der Waals surface area contributed by atoms with Gasteiger partial charge in [0.2, 0.25) is 5.52 Å². The van der Waals surface area contributed by atoms with Crippen molar-refractivity contribution >= 4 is 22.4 Å². The summed E-state index contributed by atoms with van der Waals surface area (Å²) in [6.07, 6.45) is 6.55. The van der Waals surface area contributed by atoms with Crippen LogP contribution in [0.25, 0.3) is 11.0 Å². The minimum Gasteiger partial charge on any atom is -0.359 e. The molecular weight excluding hydrogens is 310 g/mol. The fraction of sp³-hybridized carbons (Fsp3) is 0.312. The molecule has 1 saturated heterocycles. The first kappa shape index (κ1) is 14.6. The third kappa shape index (κ3) is 2.36. The molecule has 0 bridgehead atoms. The molecule has 1 unspecified atom stereocenters. The van der Waals surface area contributed by atoms with Crippen LogP contribution in [0.4, 0.5) is 11.4 Å². The molecule has 4 rings (SSSR count). The van der Waals surface area contributed by atoms with Gasteiger partial charge in [0, 0.05) is 18.9 Å². The number of hydrogen-bond acceptors (Lipinski definition) is 7. The van der Waals surface area contributed by atoms with Crippen LogP contribution >= 0.6 is 0 Å². The molecule has 0 aliphatic carbocycles. The number of nitro groups is 1. The van der Waals surface area contributed by atoms with Crippen molar-refractivity contribution in [1.82, 2.24) is 15.3 Å². The van der Waals surface area contributed by atoms with E-state index < -0.39 is 4.92 Å². The minimum absolute atomic E-state index is 0.0514. The fourth-order valence-corrected chi connectivity index (χ4v) is 3.38. The van der Waals surface area contributed by atoms with Crippen molar-refractivity contribution < 1.29 is 9.55 Å². The Morgan fingerprint density at radius 2 is 2.17 bits per heavy atom. The molecule has 8 nitrogen and oxygen atoms in total. The van der Waals surface area contributed by atoms with E-state index in [9.17, 15) is 10.1 Å². The monoisotopic (exact) mass is 325 g/mol. The third-order valence-corrected chi connectivity index (χ3v) is 4.44. The van der Waals surface area contributed by atoms with Crippen LogP contribution in [0.15, 0.2) is 41.3 Å². The van der Waals surface area contributed by atoms with Crippen molar-refractivity contribution in [3.63, 3.8) is 0 Å². The Hall–Kier alpha value is -3.03. The molecule has 0 spiro atoms. The van der Waals surface area contributed by atoms with Crippen molar-refractivity contribution in [2.75, 3.05) is 11.4 Å². The van der Waals surface area contributed by atoms with Gasteiger partial charge in [-0.2, -0.15) is 0 Å². The van der Waals surface area contributed by atoms with Gasteiger partial charge >= 0.3 is 5.69 Å². The standard InChI is InChI=1S/C16H15N5O3/c22-21(23)16-14(7-6-12-15(16)19-24-18-12)20-9-2-1-5-13(20)11-4-3-8-17-10-11/h3-4,6-8,10,13H,1-2,5,9H2. The molecular formula is C16H15N5O3. The number of aromatic nitrogens is 3. The predicted octanol–water partition coefficient (Wildman–Crippen LogP) is 3.26. The second-order valence-corrected chi connectivity index (χ2v) is 5.81. The summed E-state index contributed by atoms with van der Waals surface area (Å²) in [4.78, 5) is 17.5. The van der Waals surface area contributed by atoms with Crippen LogP contribution in [0.3, 0.4) is 0 Å².